The van der Waals surface area contributed by atoms with E-state index in [0.29, 0.717) is 51.6 Å². The molecule has 1 saturated heterocycles. The largest absolute Gasteiger partial charge is 0.444 e. The van der Waals surface area contributed by atoms with Crippen molar-refractivity contribution in [2.45, 2.75) is 39.7 Å². The zero-order valence-corrected chi connectivity index (χ0v) is 19.0. The second-order valence-electron chi connectivity index (χ2n) is 7.30. The maximum Gasteiger partial charge on any atom is 0.407 e. The first-order chi connectivity index (χ1) is 13.1. The van der Waals surface area contributed by atoms with Crippen molar-refractivity contribution in [3.05, 3.63) is 0 Å². The summed E-state index contributed by atoms with van der Waals surface area (Å²) in [5, 5.41) is 8.84. The fraction of sp³-hybridized carbons (Fsp3) is 0.882. The van der Waals surface area contributed by atoms with E-state index in [1.165, 1.54) is 0 Å². The Bertz CT molecular complexity index is 599. The maximum atomic E-state index is 12.4. The van der Waals surface area contributed by atoms with Gasteiger partial charge in [-0.2, -0.15) is 11.8 Å². The lowest BCUT2D eigenvalue weighted by Gasteiger charge is -2.25. The monoisotopic (exact) mass is 437 g/mol. The highest BCUT2D eigenvalue weighted by Crippen LogP contribution is 2.13. The third-order valence-electron chi connectivity index (χ3n) is 3.63. The minimum Gasteiger partial charge on any atom is -0.444 e. The van der Waals surface area contributed by atoms with Gasteiger partial charge < -0.3 is 20.7 Å². The van der Waals surface area contributed by atoms with E-state index in [1.807, 2.05) is 27.7 Å². The minimum absolute atomic E-state index is 0.0439. The van der Waals surface area contributed by atoms with Crippen molar-refractivity contribution in [2.24, 2.45) is 4.99 Å². The van der Waals surface area contributed by atoms with Crippen LogP contribution in [-0.2, 0) is 14.8 Å². The van der Waals surface area contributed by atoms with Crippen molar-refractivity contribution < 1.29 is 17.9 Å². The average Bonchev–Trinajstić information content (AvgIpc) is 2.60. The van der Waals surface area contributed by atoms with Crippen LogP contribution in [0, 0.1) is 0 Å². The SMILES string of the molecule is CCNC(=NCCCNC(=O)OC(C)(C)C)NCCS(=O)(=O)N1CCSCC1. The third kappa shape index (κ3) is 11.0. The Kier molecular flexibility index (Phi) is 11.0. The predicted octanol–water partition coefficient (Wildman–Crippen LogP) is 0.835. The molecule has 0 spiro atoms. The Balaban J connectivity index is 2.32. The van der Waals surface area contributed by atoms with Gasteiger partial charge in [-0.15, -0.1) is 0 Å². The highest BCUT2D eigenvalue weighted by molar-refractivity contribution is 7.99. The van der Waals surface area contributed by atoms with E-state index >= 15 is 0 Å². The van der Waals surface area contributed by atoms with Crippen LogP contribution in [-0.4, -0.2) is 86.9 Å². The molecule has 0 radical (unpaired) electrons. The Morgan fingerprint density at radius 3 is 2.43 bits per heavy atom. The molecule has 0 unspecified atom stereocenters. The molecule has 28 heavy (non-hydrogen) atoms. The molecule has 0 bridgehead atoms. The number of alkyl carbamates (subject to hydrolysis) is 1. The summed E-state index contributed by atoms with van der Waals surface area (Å²) < 4.78 is 31.4. The van der Waals surface area contributed by atoms with Crippen LogP contribution in [0.25, 0.3) is 0 Å². The number of thioether (sulfide) groups is 1. The standard InChI is InChI=1S/C17H35N5O4S2/c1-5-18-15(19-7-6-8-21-16(23)26-17(2,3)4)20-9-14-28(24,25)22-10-12-27-13-11-22/h5-14H2,1-4H3,(H,21,23)(H2,18,19,20). The van der Waals surface area contributed by atoms with Gasteiger partial charge in [0.2, 0.25) is 10.0 Å². The van der Waals surface area contributed by atoms with Crippen molar-refractivity contribution in [3.8, 4) is 0 Å². The van der Waals surface area contributed by atoms with Gasteiger partial charge in [-0.25, -0.2) is 17.5 Å². The normalized spacial score (nSPS) is 16.5. The van der Waals surface area contributed by atoms with Crippen molar-refractivity contribution in [1.29, 1.82) is 0 Å². The molecule has 1 aliphatic heterocycles. The molecule has 0 saturated carbocycles. The molecular weight excluding hydrogens is 402 g/mol. The summed E-state index contributed by atoms with van der Waals surface area (Å²) in [5.74, 6) is 2.33. The minimum atomic E-state index is -3.23. The van der Waals surface area contributed by atoms with E-state index in [1.54, 1.807) is 16.1 Å². The van der Waals surface area contributed by atoms with Crippen molar-refractivity contribution in [1.82, 2.24) is 20.3 Å². The van der Waals surface area contributed by atoms with Crippen LogP contribution in [0.1, 0.15) is 34.1 Å². The number of nitrogens with one attached hydrogen (secondary N) is 3. The fourth-order valence-corrected chi connectivity index (χ4v) is 4.86. The third-order valence-corrected chi connectivity index (χ3v) is 6.45. The van der Waals surface area contributed by atoms with E-state index in [-0.39, 0.29) is 5.75 Å². The number of carbonyl (C=O) groups is 1. The number of nitrogens with zero attached hydrogens (tertiary/aromatic N) is 2. The van der Waals surface area contributed by atoms with Gasteiger partial charge in [-0.05, 0) is 34.1 Å². The highest BCUT2D eigenvalue weighted by Gasteiger charge is 2.23. The number of amides is 1. The fourth-order valence-electron chi connectivity index (χ4n) is 2.37. The van der Waals surface area contributed by atoms with E-state index in [9.17, 15) is 13.2 Å². The average molecular weight is 438 g/mol. The van der Waals surface area contributed by atoms with E-state index in [4.69, 9.17) is 4.74 Å². The van der Waals surface area contributed by atoms with Crippen LogP contribution in [0.15, 0.2) is 4.99 Å². The van der Waals surface area contributed by atoms with E-state index < -0.39 is 21.7 Å². The molecule has 3 N–H and O–H groups in total. The molecule has 0 atom stereocenters. The Morgan fingerprint density at radius 1 is 1.14 bits per heavy atom. The van der Waals surface area contributed by atoms with E-state index in [0.717, 1.165) is 11.5 Å². The summed E-state index contributed by atoms with van der Waals surface area (Å²) in [6, 6.07) is 0. The topological polar surface area (TPSA) is 112 Å². The number of aliphatic imine (C=N–C) groups is 1. The smallest absolute Gasteiger partial charge is 0.407 e. The van der Waals surface area contributed by atoms with Gasteiger partial charge in [0.05, 0.1) is 5.75 Å². The molecule has 1 fully saturated rings. The van der Waals surface area contributed by atoms with Crippen molar-refractivity contribution >= 4 is 33.8 Å². The zero-order valence-electron chi connectivity index (χ0n) is 17.4. The maximum absolute atomic E-state index is 12.4. The lowest BCUT2D eigenvalue weighted by Crippen LogP contribution is -2.44. The number of carbonyl (C=O) groups excluding carboxylic acids is 1. The molecule has 1 rings (SSSR count). The first-order valence-electron chi connectivity index (χ1n) is 9.68. The predicted molar refractivity (Wildman–Crippen MR) is 116 cm³/mol. The Labute approximate surface area is 173 Å². The molecule has 1 amide bonds. The Morgan fingerprint density at radius 2 is 1.82 bits per heavy atom. The van der Waals surface area contributed by atoms with Crippen LogP contribution in [0.5, 0.6) is 0 Å². The van der Waals surface area contributed by atoms with Gasteiger partial charge in [0.1, 0.15) is 5.60 Å². The summed E-state index contributed by atoms with van der Waals surface area (Å²) in [6.07, 6.45) is 0.211. The number of ether oxygens (including phenoxy) is 1. The van der Waals surface area contributed by atoms with Gasteiger partial charge in [0, 0.05) is 50.8 Å². The summed E-state index contributed by atoms with van der Waals surface area (Å²) in [7, 11) is -3.23. The van der Waals surface area contributed by atoms with E-state index in [2.05, 4.69) is 20.9 Å². The molecule has 9 nitrogen and oxygen atoms in total. The first kappa shape index (κ1) is 24.8. The van der Waals surface area contributed by atoms with Crippen LogP contribution in [0.4, 0.5) is 4.79 Å². The van der Waals surface area contributed by atoms with Gasteiger partial charge >= 0.3 is 6.09 Å². The number of hydrogen-bond donors (Lipinski definition) is 3. The quantitative estimate of drug-likeness (QED) is 0.278. The van der Waals surface area contributed by atoms with Crippen molar-refractivity contribution in [3.63, 3.8) is 0 Å². The summed E-state index contributed by atoms with van der Waals surface area (Å²) >= 11 is 1.78. The molecule has 0 aromatic rings. The van der Waals surface area contributed by atoms with Gasteiger partial charge in [-0.1, -0.05) is 0 Å². The molecule has 0 aliphatic carbocycles. The molecule has 1 aliphatic rings. The second kappa shape index (κ2) is 12.4. The molecule has 1 heterocycles. The Hall–Kier alpha value is -1.20. The molecule has 0 aromatic carbocycles. The molecule has 0 aromatic heterocycles. The van der Waals surface area contributed by atoms with Crippen molar-refractivity contribution in [2.75, 3.05) is 56.5 Å². The van der Waals surface area contributed by atoms with Crippen LogP contribution < -0.4 is 16.0 Å². The van der Waals surface area contributed by atoms with Crippen LogP contribution in [0.3, 0.4) is 0 Å². The van der Waals surface area contributed by atoms with Gasteiger partial charge in [0.25, 0.3) is 0 Å². The number of rotatable bonds is 9. The summed E-state index contributed by atoms with van der Waals surface area (Å²) in [5.41, 5.74) is -0.516. The van der Waals surface area contributed by atoms with Gasteiger partial charge in [0.15, 0.2) is 5.96 Å². The van der Waals surface area contributed by atoms with Gasteiger partial charge in [-0.3, -0.25) is 4.99 Å². The molecule has 11 heteroatoms. The second-order valence-corrected chi connectivity index (χ2v) is 10.6. The number of sulfonamides is 1. The lowest BCUT2D eigenvalue weighted by atomic mass is 10.2. The van der Waals surface area contributed by atoms with Crippen LogP contribution >= 0.6 is 11.8 Å². The van der Waals surface area contributed by atoms with Crippen LogP contribution in [0.2, 0.25) is 0 Å². The number of guanidine groups is 1. The summed E-state index contributed by atoms with van der Waals surface area (Å²) in [6.45, 7) is 10.5. The lowest BCUT2D eigenvalue weighted by molar-refractivity contribution is 0.0527. The highest BCUT2D eigenvalue weighted by atomic mass is 32.2. The number of hydrogen-bond acceptors (Lipinski definition) is 6. The molecular formula is C17H35N5O4S2. The zero-order chi connectivity index (χ0) is 21.0. The molecule has 164 valence electrons. The first-order valence-corrected chi connectivity index (χ1v) is 12.4. The summed E-state index contributed by atoms with van der Waals surface area (Å²) in [4.78, 5) is 16.0.